The number of allylic oxidation sites excluding steroid dienone is 1. The average molecular weight is 1000 g/mol. The number of aliphatic hydroxyl groups excluding tert-OH is 1. The lowest BCUT2D eigenvalue weighted by molar-refractivity contribution is -0.275. The molecular formula is C57H62F3N3O8Si. The van der Waals surface area contributed by atoms with Gasteiger partial charge in [-0.2, -0.15) is 0 Å². The van der Waals surface area contributed by atoms with E-state index in [-0.39, 0.29) is 84.4 Å². The second kappa shape index (κ2) is 20.0. The van der Waals surface area contributed by atoms with Crippen molar-refractivity contribution in [3.8, 4) is 17.4 Å². The molecule has 0 bridgehead atoms. The molecule has 11 nitrogen and oxygen atoms in total. The first-order valence-corrected chi connectivity index (χ1v) is 27.5. The number of fused-ring (bicyclic) bond motifs is 4. The molecular weight excluding hydrogens is 940 g/mol. The second-order valence-electron chi connectivity index (χ2n) is 20.8. The van der Waals surface area contributed by atoms with E-state index in [4.69, 9.17) is 23.2 Å². The fourth-order valence-electron chi connectivity index (χ4n) is 11.0. The van der Waals surface area contributed by atoms with Crippen molar-refractivity contribution in [2.24, 2.45) is 11.8 Å². The maximum atomic E-state index is 16.1. The summed E-state index contributed by atoms with van der Waals surface area (Å²) in [6.07, 6.45) is -0.667. The second-order valence-corrected chi connectivity index (χ2v) is 25.5. The molecule has 1 saturated heterocycles. The van der Waals surface area contributed by atoms with E-state index in [1.807, 2.05) is 130 Å². The van der Waals surface area contributed by atoms with Crippen molar-refractivity contribution in [3.05, 3.63) is 178 Å². The molecule has 72 heavy (non-hydrogen) atoms. The number of alkyl halides is 3. The van der Waals surface area contributed by atoms with Gasteiger partial charge in [0.2, 0.25) is 5.78 Å². The summed E-state index contributed by atoms with van der Waals surface area (Å²) in [5.74, 6) is -4.32. The number of halogens is 3. The fraction of sp³-hybridized carbons (Fsp3) is 0.386. The molecule has 3 aliphatic carbocycles. The van der Waals surface area contributed by atoms with Gasteiger partial charge >= 0.3 is 6.36 Å². The highest BCUT2D eigenvalue weighted by molar-refractivity contribution is 6.74. The van der Waals surface area contributed by atoms with Crippen molar-refractivity contribution < 1.29 is 51.0 Å². The number of ketones is 2. The molecule has 0 amide bonds. The zero-order chi connectivity index (χ0) is 51.2. The number of likely N-dealkylation sites (tertiary alicyclic amines) is 1. The van der Waals surface area contributed by atoms with Crippen molar-refractivity contribution >= 4 is 19.9 Å². The van der Waals surface area contributed by atoms with Crippen LogP contribution in [-0.4, -0.2) is 71.5 Å². The molecule has 378 valence electrons. The fourth-order valence-corrected chi connectivity index (χ4v) is 12.4. The number of carbonyl (C=O) groups is 2. The van der Waals surface area contributed by atoms with Crippen LogP contribution >= 0.6 is 0 Å². The van der Waals surface area contributed by atoms with Gasteiger partial charge in [-0.05, 0) is 84.2 Å². The maximum Gasteiger partial charge on any atom is 0.573 e. The molecule has 1 N–H and O–H groups in total. The smallest absolute Gasteiger partial charge is 0.508 e. The molecule has 15 heteroatoms. The van der Waals surface area contributed by atoms with E-state index in [0.29, 0.717) is 25.9 Å². The Morgan fingerprint density at radius 2 is 1.49 bits per heavy atom. The number of hydrogen-bond acceptors (Lipinski definition) is 11. The molecule has 1 fully saturated rings. The molecule has 5 atom stereocenters. The maximum absolute atomic E-state index is 16.1. The van der Waals surface area contributed by atoms with Gasteiger partial charge in [-0.3, -0.25) is 19.4 Å². The molecule has 1 unspecified atom stereocenters. The van der Waals surface area contributed by atoms with Gasteiger partial charge in [0, 0.05) is 48.3 Å². The Morgan fingerprint density at radius 3 is 2.07 bits per heavy atom. The highest BCUT2D eigenvalue weighted by atomic mass is 28.4. The summed E-state index contributed by atoms with van der Waals surface area (Å²) in [5, 5.41) is 17.3. The number of hydrogen-bond donors (Lipinski definition) is 1. The lowest BCUT2D eigenvalue weighted by Crippen LogP contribution is -2.65. The van der Waals surface area contributed by atoms with Crippen LogP contribution in [0.1, 0.15) is 106 Å². The third-order valence-electron chi connectivity index (χ3n) is 15.2. The Labute approximate surface area is 420 Å². The zero-order valence-corrected chi connectivity index (χ0v) is 42.5. The summed E-state index contributed by atoms with van der Waals surface area (Å²) in [6.45, 7) is 19.7. The normalized spacial score (nSPS) is 22.2. The van der Waals surface area contributed by atoms with E-state index in [1.54, 1.807) is 12.2 Å². The molecule has 0 saturated carbocycles. The predicted octanol–water partition coefficient (Wildman–Crippen LogP) is 12.6. The van der Waals surface area contributed by atoms with E-state index in [0.717, 1.165) is 16.7 Å². The molecule has 4 aromatic carbocycles. The molecule has 0 radical (unpaired) electrons. The zero-order valence-electron chi connectivity index (χ0n) is 41.5. The molecule has 9 rings (SSSR count). The molecule has 1 aromatic heterocycles. The van der Waals surface area contributed by atoms with E-state index in [2.05, 4.69) is 23.2 Å². The third-order valence-corrected chi connectivity index (χ3v) is 19.7. The van der Waals surface area contributed by atoms with Crippen LogP contribution in [0, 0.1) is 11.8 Å². The number of aromatic nitrogens is 1. The van der Waals surface area contributed by atoms with Crippen LogP contribution in [0.25, 0.3) is 0 Å². The standard InChI is InChI=1S/C57H62F3N3O8Si/c1-8-27-62(28-9-2)48-42-31-39-30-41-46(44(67-34-37-22-15-11-16-23-37)32-40(50(41)69-57(58,59)60)43-26-19-29-63(43)33-36-20-13-10-14-21-36)49(64)45(39)52(65)56(42,71-72(6,7)55(3,4)5)53(66)47-51(48)70-61-54(47)68-35-38-24-17-12-18-25-38/h8-18,20-25,32,39,42-43,48,65H,1-2,19,26-31,33-35H2,3-7H3/t39-,42-,43?,48-,56-/m0/s1. The number of nitrogens with zero attached hydrogens (tertiary/aromatic N) is 3. The summed E-state index contributed by atoms with van der Waals surface area (Å²) in [6, 6.07) is 28.4. The van der Waals surface area contributed by atoms with Gasteiger partial charge in [0.25, 0.3) is 5.88 Å². The minimum atomic E-state index is -5.14. The Morgan fingerprint density at radius 1 is 0.889 bits per heavy atom. The van der Waals surface area contributed by atoms with Crippen molar-refractivity contribution in [1.29, 1.82) is 0 Å². The van der Waals surface area contributed by atoms with Gasteiger partial charge in [0.15, 0.2) is 25.5 Å². The number of Topliss-reactive ketones (excluding diaryl/α,β-unsaturated/α-hetero) is 2. The molecule has 1 aliphatic heterocycles. The number of carbonyl (C=O) groups excluding carboxylic acids is 2. The number of aliphatic hydroxyl groups is 1. The van der Waals surface area contributed by atoms with Crippen LogP contribution in [0.15, 0.2) is 138 Å². The Bertz CT molecular complexity index is 2850. The molecule has 2 heterocycles. The quantitative estimate of drug-likeness (QED) is 0.0707. The van der Waals surface area contributed by atoms with Gasteiger partial charge in [-0.15, -0.1) is 26.3 Å². The first-order chi connectivity index (χ1) is 34.4. The topological polar surface area (TPSA) is 124 Å². The minimum Gasteiger partial charge on any atom is -0.508 e. The van der Waals surface area contributed by atoms with Gasteiger partial charge in [0.1, 0.15) is 36.0 Å². The largest absolute Gasteiger partial charge is 0.573 e. The van der Waals surface area contributed by atoms with Gasteiger partial charge in [-0.1, -0.05) is 124 Å². The van der Waals surface area contributed by atoms with Crippen molar-refractivity contribution in [2.75, 3.05) is 19.6 Å². The number of rotatable bonds is 17. The Hall–Kier alpha value is -6.26. The highest BCUT2D eigenvalue weighted by Gasteiger charge is 2.68. The Kier molecular flexibility index (Phi) is 14.1. The van der Waals surface area contributed by atoms with Crippen LogP contribution in [0.3, 0.4) is 0 Å². The summed E-state index contributed by atoms with van der Waals surface area (Å²) in [5.41, 5.74) is 0.287. The predicted molar refractivity (Wildman–Crippen MR) is 269 cm³/mol. The lowest BCUT2D eigenvalue weighted by Gasteiger charge is -2.55. The summed E-state index contributed by atoms with van der Waals surface area (Å²) in [4.78, 5) is 36.1. The van der Waals surface area contributed by atoms with E-state index in [1.165, 1.54) is 6.07 Å². The first-order valence-electron chi connectivity index (χ1n) is 24.6. The number of ether oxygens (including phenoxy) is 3. The lowest BCUT2D eigenvalue weighted by atomic mass is 9.58. The van der Waals surface area contributed by atoms with Gasteiger partial charge in [0.05, 0.1) is 11.6 Å². The van der Waals surface area contributed by atoms with Crippen molar-refractivity contribution in [1.82, 2.24) is 15.0 Å². The van der Waals surface area contributed by atoms with Gasteiger partial charge < -0.3 is 28.3 Å². The summed E-state index contributed by atoms with van der Waals surface area (Å²) < 4.78 is 76.7. The highest BCUT2D eigenvalue weighted by Crippen LogP contribution is 2.61. The van der Waals surface area contributed by atoms with Gasteiger partial charge in [-0.25, -0.2) is 0 Å². The minimum absolute atomic E-state index is 0.000185. The SMILES string of the molecule is C=CCN(CC=C)[C@@H]1c2onc(OCc3ccccc3)c2C(=O)[C@@]2(O[Si](C)(C)C(C)(C)C)C(O)=C3C(=O)c4c(OCc5ccccc5)cc(C5CCCN5Cc5ccccc5)c(OC(F)(F)F)c4C[C@H]3C[C@@H]12. The van der Waals surface area contributed by atoms with Crippen LogP contribution in [0.5, 0.6) is 17.4 Å². The van der Waals surface area contributed by atoms with Crippen molar-refractivity contribution in [3.63, 3.8) is 0 Å². The number of benzene rings is 4. The van der Waals surface area contributed by atoms with Crippen LogP contribution in [-0.2, 0) is 30.6 Å². The Balaban J connectivity index is 1.27. The van der Waals surface area contributed by atoms with Crippen LogP contribution in [0.4, 0.5) is 13.2 Å². The molecule has 0 spiro atoms. The van der Waals surface area contributed by atoms with E-state index >= 15 is 22.8 Å². The first kappa shape index (κ1) is 50.7. The summed E-state index contributed by atoms with van der Waals surface area (Å²) in [7, 11) is -3.14. The van der Waals surface area contributed by atoms with Crippen LogP contribution < -0.4 is 14.2 Å². The third kappa shape index (κ3) is 9.47. The molecule has 5 aromatic rings. The summed E-state index contributed by atoms with van der Waals surface area (Å²) >= 11 is 0. The van der Waals surface area contributed by atoms with E-state index in [9.17, 15) is 5.11 Å². The average Bonchev–Trinajstić information content (AvgIpc) is 3.99. The van der Waals surface area contributed by atoms with Crippen molar-refractivity contribution in [2.45, 2.75) is 108 Å². The molecule has 4 aliphatic rings. The monoisotopic (exact) mass is 1000 g/mol. The van der Waals surface area contributed by atoms with Crippen LogP contribution in [0.2, 0.25) is 18.1 Å². The van der Waals surface area contributed by atoms with E-state index < -0.39 is 72.3 Å².